The number of anilines is 1. The molecule has 0 unspecified atom stereocenters. The lowest BCUT2D eigenvalue weighted by atomic mass is 10.2. The van der Waals surface area contributed by atoms with Crippen LogP contribution in [0.15, 0.2) is 41.0 Å². The molecule has 4 heteroatoms. The Morgan fingerprint density at radius 2 is 2.05 bits per heavy atom. The summed E-state index contributed by atoms with van der Waals surface area (Å²) in [5.74, 6) is 1.89. The maximum absolute atomic E-state index is 5.58. The summed E-state index contributed by atoms with van der Waals surface area (Å²) in [6.45, 7) is 4.73. The fourth-order valence-electron chi connectivity index (χ4n) is 2.33. The lowest BCUT2D eigenvalue weighted by molar-refractivity contribution is 0.414. The van der Waals surface area contributed by atoms with Gasteiger partial charge in [0.15, 0.2) is 0 Å². The van der Waals surface area contributed by atoms with E-state index in [1.807, 2.05) is 24.3 Å². The molecule has 2 aromatic rings. The topological polar surface area (TPSA) is 37.6 Å². The Morgan fingerprint density at radius 1 is 1.24 bits per heavy atom. The number of benzene rings is 1. The van der Waals surface area contributed by atoms with E-state index in [9.17, 15) is 0 Å². The second-order valence-corrected chi connectivity index (χ2v) is 5.07. The van der Waals surface area contributed by atoms with Crippen LogP contribution in [-0.4, -0.2) is 20.7 Å². The molecule has 0 atom stereocenters. The maximum Gasteiger partial charge on any atom is 0.142 e. The van der Waals surface area contributed by atoms with Gasteiger partial charge in [0.05, 0.1) is 25.6 Å². The van der Waals surface area contributed by atoms with Crippen molar-refractivity contribution in [1.29, 1.82) is 0 Å². The minimum Gasteiger partial charge on any atom is -0.495 e. The average molecular weight is 288 g/mol. The summed E-state index contributed by atoms with van der Waals surface area (Å²) in [4.78, 5) is 2.17. The smallest absolute Gasteiger partial charge is 0.142 e. The molecule has 1 aromatic heterocycles. The van der Waals surface area contributed by atoms with Crippen LogP contribution < -0.4 is 15.0 Å². The van der Waals surface area contributed by atoms with Crippen LogP contribution in [0.5, 0.6) is 5.75 Å². The maximum atomic E-state index is 5.58. The van der Waals surface area contributed by atoms with Crippen LogP contribution in [0.25, 0.3) is 0 Å². The Labute approximate surface area is 126 Å². The summed E-state index contributed by atoms with van der Waals surface area (Å²) >= 11 is 0. The van der Waals surface area contributed by atoms with Gasteiger partial charge in [0.1, 0.15) is 11.5 Å². The van der Waals surface area contributed by atoms with Crippen LogP contribution in [0, 0.1) is 0 Å². The van der Waals surface area contributed by atoms with Crippen molar-refractivity contribution in [2.24, 2.45) is 0 Å². The number of nitrogens with one attached hydrogen (secondary N) is 1. The number of methoxy groups -OCH3 is 1. The number of para-hydroxylation sites is 2. The fraction of sp³-hybridized carbons (Fsp3) is 0.412. The number of furan rings is 1. The summed E-state index contributed by atoms with van der Waals surface area (Å²) in [6, 6.07) is 10.1. The Kier molecular flexibility index (Phi) is 5.69. The monoisotopic (exact) mass is 288 g/mol. The van der Waals surface area contributed by atoms with E-state index in [1.54, 1.807) is 13.4 Å². The van der Waals surface area contributed by atoms with Crippen molar-refractivity contribution >= 4 is 5.69 Å². The molecule has 0 aliphatic carbocycles. The van der Waals surface area contributed by atoms with Crippen LogP contribution in [0.1, 0.15) is 24.7 Å². The molecule has 1 N–H and O–H groups in total. The van der Waals surface area contributed by atoms with E-state index in [-0.39, 0.29) is 0 Å². The fourth-order valence-corrected chi connectivity index (χ4v) is 2.33. The lowest BCUT2D eigenvalue weighted by Gasteiger charge is -2.21. The third kappa shape index (κ3) is 4.02. The summed E-state index contributed by atoms with van der Waals surface area (Å²) in [5, 5.41) is 3.38. The van der Waals surface area contributed by atoms with Crippen molar-refractivity contribution in [3.63, 3.8) is 0 Å². The van der Waals surface area contributed by atoms with Gasteiger partial charge in [0.25, 0.3) is 0 Å². The predicted molar refractivity (Wildman–Crippen MR) is 85.8 cm³/mol. The van der Waals surface area contributed by atoms with Crippen LogP contribution in [0.2, 0.25) is 0 Å². The van der Waals surface area contributed by atoms with E-state index in [0.29, 0.717) is 0 Å². The SMILES string of the molecule is CCCNCc1occc1CN(C)c1ccccc1OC. The van der Waals surface area contributed by atoms with Crippen molar-refractivity contribution in [3.8, 4) is 5.75 Å². The van der Waals surface area contributed by atoms with Gasteiger partial charge < -0.3 is 19.4 Å². The number of nitrogens with zero attached hydrogens (tertiary/aromatic N) is 1. The largest absolute Gasteiger partial charge is 0.495 e. The van der Waals surface area contributed by atoms with Gasteiger partial charge in [-0.25, -0.2) is 0 Å². The van der Waals surface area contributed by atoms with Crippen molar-refractivity contribution in [1.82, 2.24) is 5.32 Å². The van der Waals surface area contributed by atoms with Crippen molar-refractivity contribution in [2.45, 2.75) is 26.4 Å². The number of hydrogen-bond donors (Lipinski definition) is 1. The molecule has 4 nitrogen and oxygen atoms in total. The second kappa shape index (κ2) is 7.74. The van der Waals surface area contributed by atoms with E-state index in [0.717, 1.165) is 43.3 Å². The first kappa shape index (κ1) is 15.4. The Hall–Kier alpha value is -1.94. The molecule has 0 spiro atoms. The van der Waals surface area contributed by atoms with E-state index in [4.69, 9.17) is 9.15 Å². The Balaban J connectivity index is 2.05. The van der Waals surface area contributed by atoms with Gasteiger partial charge in [0.2, 0.25) is 0 Å². The highest BCUT2D eigenvalue weighted by molar-refractivity contribution is 5.58. The summed E-state index contributed by atoms with van der Waals surface area (Å²) in [7, 11) is 3.76. The highest BCUT2D eigenvalue weighted by atomic mass is 16.5. The van der Waals surface area contributed by atoms with E-state index >= 15 is 0 Å². The molecule has 0 aliphatic heterocycles. The predicted octanol–water partition coefficient (Wildman–Crippen LogP) is 3.42. The third-order valence-corrected chi connectivity index (χ3v) is 3.45. The molecule has 0 bridgehead atoms. The molecular weight excluding hydrogens is 264 g/mol. The number of hydrogen-bond acceptors (Lipinski definition) is 4. The van der Waals surface area contributed by atoms with Crippen LogP contribution in [0.3, 0.4) is 0 Å². The van der Waals surface area contributed by atoms with Gasteiger partial charge >= 0.3 is 0 Å². The molecule has 1 heterocycles. The van der Waals surface area contributed by atoms with Gasteiger partial charge in [-0.3, -0.25) is 0 Å². The molecule has 21 heavy (non-hydrogen) atoms. The molecule has 0 aliphatic rings. The highest BCUT2D eigenvalue weighted by Gasteiger charge is 2.12. The first-order chi connectivity index (χ1) is 10.3. The van der Waals surface area contributed by atoms with Gasteiger partial charge in [-0.2, -0.15) is 0 Å². The lowest BCUT2D eigenvalue weighted by Crippen LogP contribution is -2.19. The van der Waals surface area contributed by atoms with Gasteiger partial charge in [-0.1, -0.05) is 19.1 Å². The zero-order valence-corrected chi connectivity index (χ0v) is 13.1. The minimum absolute atomic E-state index is 0.774. The molecule has 0 fully saturated rings. The van der Waals surface area contributed by atoms with E-state index in [1.165, 1.54) is 5.56 Å². The summed E-state index contributed by atoms with van der Waals surface area (Å²) < 4.78 is 11.0. The molecular formula is C17H24N2O2. The zero-order chi connectivity index (χ0) is 15.1. The third-order valence-electron chi connectivity index (χ3n) is 3.45. The second-order valence-electron chi connectivity index (χ2n) is 5.07. The van der Waals surface area contributed by atoms with Gasteiger partial charge in [-0.15, -0.1) is 0 Å². The standard InChI is InChI=1S/C17H24N2O2/c1-4-10-18-12-17-14(9-11-21-17)13-19(2)15-7-5-6-8-16(15)20-3/h5-9,11,18H,4,10,12-13H2,1-3H3. The minimum atomic E-state index is 0.774. The van der Waals surface area contributed by atoms with Gasteiger partial charge in [0, 0.05) is 19.2 Å². The first-order valence-electron chi connectivity index (χ1n) is 7.36. The number of ether oxygens (including phenoxy) is 1. The molecule has 0 saturated heterocycles. The van der Waals surface area contributed by atoms with E-state index < -0.39 is 0 Å². The highest BCUT2D eigenvalue weighted by Crippen LogP contribution is 2.28. The van der Waals surface area contributed by atoms with Crippen molar-refractivity contribution in [2.75, 3.05) is 25.6 Å². The quantitative estimate of drug-likeness (QED) is 0.755. The van der Waals surface area contributed by atoms with Crippen LogP contribution in [0.4, 0.5) is 5.69 Å². The summed E-state index contributed by atoms with van der Waals surface area (Å²) in [6.07, 6.45) is 2.88. The number of rotatable bonds is 8. The molecule has 2 rings (SSSR count). The molecule has 0 radical (unpaired) electrons. The Morgan fingerprint density at radius 3 is 2.81 bits per heavy atom. The molecule has 114 valence electrons. The van der Waals surface area contributed by atoms with Crippen molar-refractivity contribution in [3.05, 3.63) is 47.9 Å². The zero-order valence-electron chi connectivity index (χ0n) is 13.1. The van der Waals surface area contributed by atoms with Gasteiger partial charge in [-0.05, 0) is 31.2 Å². The molecule has 1 aromatic carbocycles. The van der Waals surface area contributed by atoms with Crippen molar-refractivity contribution < 1.29 is 9.15 Å². The Bertz CT molecular complexity index is 551. The summed E-state index contributed by atoms with van der Waals surface area (Å²) in [5.41, 5.74) is 2.28. The normalized spacial score (nSPS) is 10.6. The first-order valence-corrected chi connectivity index (χ1v) is 7.36. The van der Waals surface area contributed by atoms with Crippen LogP contribution in [-0.2, 0) is 13.1 Å². The van der Waals surface area contributed by atoms with E-state index in [2.05, 4.69) is 30.3 Å². The molecule has 0 amide bonds. The van der Waals surface area contributed by atoms with Crippen LogP contribution >= 0.6 is 0 Å². The molecule has 0 saturated carbocycles. The average Bonchev–Trinajstić information content (AvgIpc) is 2.94.